The molecule has 0 radical (unpaired) electrons. The van der Waals surface area contributed by atoms with Gasteiger partial charge in [0.05, 0.1) is 5.54 Å². The van der Waals surface area contributed by atoms with Crippen molar-refractivity contribution in [3.8, 4) is 0 Å². The predicted molar refractivity (Wildman–Crippen MR) is 125 cm³/mol. The van der Waals surface area contributed by atoms with Crippen LogP contribution in [0.1, 0.15) is 47.4 Å². The molecule has 0 aliphatic carbocycles. The van der Waals surface area contributed by atoms with Crippen LogP contribution in [0.5, 0.6) is 0 Å². The molecule has 2 heterocycles. The Hall–Kier alpha value is -2.11. The number of nitrogens with zero attached hydrogens (tertiary/aromatic N) is 4. The number of pyridine rings is 1. The van der Waals surface area contributed by atoms with Gasteiger partial charge in [-0.05, 0) is 53.7 Å². The van der Waals surface area contributed by atoms with E-state index in [9.17, 15) is 4.79 Å². The van der Waals surface area contributed by atoms with Crippen molar-refractivity contribution >= 4 is 41.7 Å². The Balaban J connectivity index is 0.00000420. The first kappa shape index (κ1) is 24.9. The van der Waals surface area contributed by atoms with E-state index in [1.807, 2.05) is 70.3 Å². The molecule has 0 unspecified atom stereocenters. The topological polar surface area (TPSA) is 105 Å². The summed E-state index contributed by atoms with van der Waals surface area (Å²) < 4.78 is 7.23. The number of carbonyl (C=O) groups excluding carboxylic acids is 1. The lowest BCUT2D eigenvalue weighted by molar-refractivity contribution is 0.0474. The number of amides is 1. The fraction of sp³-hybridized carbons (Fsp3) is 0.579. The minimum Gasteiger partial charge on any atom is -0.444 e. The number of rotatable bonds is 6. The summed E-state index contributed by atoms with van der Waals surface area (Å²) in [5.41, 5.74) is -0.279. The summed E-state index contributed by atoms with van der Waals surface area (Å²) in [5.74, 6) is 1.38. The Morgan fingerprint density at radius 1 is 1.17 bits per heavy atom. The Kier molecular flexibility index (Phi) is 9.12. The number of hydrogen-bond donors (Lipinski definition) is 3. The van der Waals surface area contributed by atoms with Crippen LogP contribution in [0.2, 0.25) is 0 Å². The number of ether oxygens (including phenoxy) is 1. The molecule has 2 rings (SSSR count). The molecule has 9 nitrogen and oxygen atoms in total. The second-order valence-electron chi connectivity index (χ2n) is 8.10. The molecule has 0 saturated heterocycles. The number of carbonyl (C=O) groups is 1. The van der Waals surface area contributed by atoms with Crippen LogP contribution in [0.3, 0.4) is 0 Å². The van der Waals surface area contributed by atoms with E-state index in [0.29, 0.717) is 25.6 Å². The Morgan fingerprint density at radius 2 is 1.90 bits per heavy atom. The Morgan fingerprint density at radius 3 is 2.55 bits per heavy atom. The summed E-state index contributed by atoms with van der Waals surface area (Å²) in [6.07, 6.45) is 1.46. The van der Waals surface area contributed by atoms with Crippen molar-refractivity contribution in [2.45, 2.75) is 59.2 Å². The lowest BCUT2D eigenvalue weighted by atomic mass is 10.1. The molecule has 0 spiro atoms. The average Bonchev–Trinajstić information content (AvgIpc) is 2.98. The SMILES string of the molecule is CCNC(=NCc1nnc2ccccn12)NCC(C)(C)NC(=O)OC(C)(C)C.I. The first-order valence-corrected chi connectivity index (χ1v) is 9.41. The minimum atomic E-state index is -0.537. The Labute approximate surface area is 189 Å². The van der Waals surface area contributed by atoms with Gasteiger partial charge in [-0.15, -0.1) is 34.2 Å². The van der Waals surface area contributed by atoms with Gasteiger partial charge in [0.2, 0.25) is 0 Å². The summed E-state index contributed by atoms with van der Waals surface area (Å²) in [5, 5.41) is 17.6. The van der Waals surface area contributed by atoms with Gasteiger partial charge in [-0.2, -0.15) is 0 Å². The third kappa shape index (κ3) is 8.42. The molecular weight excluding hydrogens is 485 g/mol. The van der Waals surface area contributed by atoms with E-state index in [1.54, 1.807) is 0 Å². The number of halogens is 1. The average molecular weight is 517 g/mol. The molecule has 0 atom stereocenters. The van der Waals surface area contributed by atoms with E-state index in [0.717, 1.165) is 11.5 Å². The highest BCUT2D eigenvalue weighted by Gasteiger charge is 2.24. The number of fused-ring (bicyclic) bond motifs is 1. The zero-order valence-corrected chi connectivity index (χ0v) is 20.3. The van der Waals surface area contributed by atoms with Gasteiger partial charge in [-0.25, -0.2) is 9.79 Å². The predicted octanol–water partition coefficient (Wildman–Crippen LogP) is 2.71. The molecule has 0 aromatic carbocycles. The molecule has 2 aromatic heterocycles. The molecular formula is C19H32IN7O2. The lowest BCUT2D eigenvalue weighted by Gasteiger charge is -2.29. The molecule has 1 amide bonds. The maximum Gasteiger partial charge on any atom is 0.408 e. The van der Waals surface area contributed by atoms with Gasteiger partial charge < -0.3 is 20.7 Å². The van der Waals surface area contributed by atoms with Crippen LogP contribution in [0.4, 0.5) is 4.79 Å². The van der Waals surface area contributed by atoms with Crippen LogP contribution >= 0.6 is 24.0 Å². The highest BCUT2D eigenvalue weighted by Crippen LogP contribution is 2.09. The first-order chi connectivity index (χ1) is 13.1. The molecule has 0 bridgehead atoms. The van der Waals surface area contributed by atoms with Gasteiger partial charge in [0.15, 0.2) is 17.4 Å². The van der Waals surface area contributed by atoms with Gasteiger partial charge in [0.1, 0.15) is 12.1 Å². The third-order valence-corrected chi connectivity index (χ3v) is 3.64. The maximum atomic E-state index is 12.0. The van der Waals surface area contributed by atoms with Crippen molar-refractivity contribution in [1.29, 1.82) is 0 Å². The monoisotopic (exact) mass is 517 g/mol. The summed E-state index contributed by atoms with van der Waals surface area (Å²) in [6, 6.07) is 5.74. The third-order valence-electron chi connectivity index (χ3n) is 3.64. The molecule has 3 N–H and O–H groups in total. The van der Waals surface area contributed by atoms with E-state index in [-0.39, 0.29) is 24.0 Å². The van der Waals surface area contributed by atoms with Gasteiger partial charge in [-0.3, -0.25) is 4.40 Å². The highest BCUT2D eigenvalue weighted by molar-refractivity contribution is 14.0. The Bertz CT molecular complexity index is 827. The molecule has 29 heavy (non-hydrogen) atoms. The fourth-order valence-corrected chi connectivity index (χ4v) is 2.42. The number of alkyl carbamates (subject to hydrolysis) is 1. The van der Waals surface area contributed by atoms with E-state index in [1.165, 1.54) is 0 Å². The lowest BCUT2D eigenvalue weighted by Crippen LogP contribution is -2.54. The minimum absolute atomic E-state index is 0. The van der Waals surface area contributed by atoms with Crippen molar-refractivity contribution < 1.29 is 9.53 Å². The molecule has 0 aliphatic heterocycles. The normalized spacial score (nSPS) is 12.3. The summed E-state index contributed by atoms with van der Waals surface area (Å²) in [4.78, 5) is 16.6. The van der Waals surface area contributed by atoms with E-state index in [2.05, 4.69) is 31.1 Å². The summed E-state index contributed by atoms with van der Waals surface area (Å²) in [7, 11) is 0. The number of aliphatic imine (C=N–C) groups is 1. The smallest absolute Gasteiger partial charge is 0.408 e. The molecule has 0 aliphatic rings. The van der Waals surface area contributed by atoms with Crippen LogP contribution in [-0.4, -0.2) is 50.9 Å². The van der Waals surface area contributed by atoms with Crippen LogP contribution in [0.15, 0.2) is 29.4 Å². The second kappa shape index (κ2) is 10.6. The first-order valence-electron chi connectivity index (χ1n) is 9.41. The highest BCUT2D eigenvalue weighted by atomic mass is 127. The van der Waals surface area contributed by atoms with Crippen molar-refractivity contribution in [2.24, 2.45) is 4.99 Å². The van der Waals surface area contributed by atoms with Crippen molar-refractivity contribution in [1.82, 2.24) is 30.5 Å². The van der Waals surface area contributed by atoms with Gasteiger partial charge in [-0.1, -0.05) is 6.07 Å². The van der Waals surface area contributed by atoms with Crippen LogP contribution in [0.25, 0.3) is 5.65 Å². The second-order valence-corrected chi connectivity index (χ2v) is 8.10. The van der Waals surface area contributed by atoms with Crippen molar-refractivity contribution in [3.05, 3.63) is 30.2 Å². The van der Waals surface area contributed by atoms with E-state index in [4.69, 9.17) is 4.74 Å². The summed E-state index contributed by atoms with van der Waals surface area (Å²) in [6.45, 7) is 12.9. The largest absolute Gasteiger partial charge is 0.444 e. The summed E-state index contributed by atoms with van der Waals surface area (Å²) >= 11 is 0. The molecule has 10 heteroatoms. The van der Waals surface area contributed by atoms with E-state index < -0.39 is 17.2 Å². The van der Waals surface area contributed by atoms with Gasteiger partial charge in [0, 0.05) is 19.3 Å². The van der Waals surface area contributed by atoms with Crippen LogP contribution in [-0.2, 0) is 11.3 Å². The number of hydrogen-bond acceptors (Lipinski definition) is 5. The molecule has 0 fully saturated rings. The van der Waals surface area contributed by atoms with Crippen molar-refractivity contribution in [3.63, 3.8) is 0 Å². The number of guanidine groups is 1. The zero-order chi connectivity index (χ0) is 20.8. The molecule has 0 saturated carbocycles. The van der Waals surface area contributed by atoms with E-state index >= 15 is 0 Å². The number of aromatic nitrogens is 3. The maximum absolute atomic E-state index is 12.0. The van der Waals surface area contributed by atoms with Crippen LogP contribution in [0, 0.1) is 0 Å². The zero-order valence-electron chi connectivity index (χ0n) is 17.9. The molecule has 162 valence electrons. The van der Waals surface area contributed by atoms with Gasteiger partial charge >= 0.3 is 6.09 Å². The fourth-order valence-electron chi connectivity index (χ4n) is 2.42. The quantitative estimate of drug-likeness (QED) is 0.309. The molecule has 2 aromatic rings. The van der Waals surface area contributed by atoms with Crippen LogP contribution < -0.4 is 16.0 Å². The van der Waals surface area contributed by atoms with Crippen molar-refractivity contribution in [2.75, 3.05) is 13.1 Å². The van der Waals surface area contributed by atoms with Gasteiger partial charge in [0.25, 0.3) is 0 Å². The number of nitrogens with one attached hydrogen (secondary N) is 3. The standard InChI is InChI=1S/C19H31N7O2.HI/c1-7-20-16(21-12-15-25-24-14-10-8-9-11-26(14)15)22-13-19(5,6)23-17(27)28-18(2,3)4;/h8-11H,7,12-13H2,1-6H3,(H,23,27)(H2,20,21,22);1H.